The van der Waals surface area contributed by atoms with E-state index in [9.17, 15) is 4.79 Å². The molecule has 0 radical (unpaired) electrons. The van der Waals surface area contributed by atoms with Gasteiger partial charge in [-0.1, -0.05) is 24.2 Å². The summed E-state index contributed by atoms with van der Waals surface area (Å²) in [5.41, 5.74) is 5.98. The van der Waals surface area contributed by atoms with Gasteiger partial charge < -0.3 is 15.5 Å². The van der Waals surface area contributed by atoms with E-state index in [-0.39, 0.29) is 5.91 Å². The zero-order valence-electron chi connectivity index (χ0n) is 11.8. The van der Waals surface area contributed by atoms with Crippen molar-refractivity contribution in [3.8, 4) is 0 Å². The molecule has 6 heteroatoms. The first-order valence-electron chi connectivity index (χ1n) is 7.56. The van der Waals surface area contributed by atoms with E-state index < -0.39 is 0 Å². The van der Waals surface area contributed by atoms with Crippen LogP contribution in [-0.2, 0) is 0 Å². The minimum Gasteiger partial charge on any atom is -0.382 e. The molecule has 0 aromatic carbocycles. The molecule has 2 aliphatic heterocycles. The number of amides is 1. The van der Waals surface area contributed by atoms with E-state index in [1.165, 1.54) is 37.0 Å². The first-order chi connectivity index (χ1) is 9.75. The van der Waals surface area contributed by atoms with Crippen LogP contribution in [0.1, 0.15) is 48.2 Å². The van der Waals surface area contributed by atoms with Crippen LogP contribution in [0.25, 0.3) is 0 Å². The quantitative estimate of drug-likeness (QED) is 0.909. The van der Waals surface area contributed by atoms with Crippen molar-refractivity contribution in [1.29, 1.82) is 0 Å². The van der Waals surface area contributed by atoms with Gasteiger partial charge in [-0.3, -0.25) is 4.79 Å². The van der Waals surface area contributed by atoms with Gasteiger partial charge in [0, 0.05) is 26.2 Å². The van der Waals surface area contributed by atoms with Crippen molar-refractivity contribution >= 4 is 28.2 Å². The highest BCUT2D eigenvalue weighted by Gasteiger charge is 2.25. The van der Waals surface area contributed by atoms with Gasteiger partial charge in [0.25, 0.3) is 5.91 Å². The number of nitrogen functional groups attached to an aromatic ring is 1. The summed E-state index contributed by atoms with van der Waals surface area (Å²) in [4.78, 5) is 21.7. The lowest BCUT2D eigenvalue weighted by Crippen LogP contribution is -2.27. The Hall–Kier alpha value is -1.30. The Balaban J connectivity index is 1.77. The summed E-state index contributed by atoms with van der Waals surface area (Å²) in [7, 11) is 0. The summed E-state index contributed by atoms with van der Waals surface area (Å²) < 4.78 is 0. The lowest BCUT2D eigenvalue weighted by molar-refractivity contribution is 0.0798. The van der Waals surface area contributed by atoms with Gasteiger partial charge in [-0.05, 0) is 25.7 Å². The number of hydrogen-bond acceptors (Lipinski definition) is 5. The van der Waals surface area contributed by atoms with E-state index in [0.717, 1.165) is 44.2 Å². The van der Waals surface area contributed by atoms with Crippen molar-refractivity contribution in [2.75, 3.05) is 36.8 Å². The monoisotopic (exact) mass is 294 g/mol. The maximum atomic E-state index is 12.4. The van der Waals surface area contributed by atoms with Crippen molar-refractivity contribution in [2.24, 2.45) is 0 Å². The average molecular weight is 294 g/mol. The highest BCUT2D eigenvalue weighted by atomic mass is 32.1. The SMILES string of the molecule is Nc1nc(N2CCCCCC2)sc1C(=O)N1CCCC1. The fraction of sp³-hybridized carbons (Fsp3) is 0.714. The van der Waals surface area contributed by atoms with Gasteiger partial charge in [0.05, 0.1) is 0 Å². The van der Waals surface area contributed by atoms with Gasteiger partial charge in [0.15, 0.2) is 5.13 Å². The van der Waals surface area contributed by atoms with Crippen molar-refractivity contribution in [3.05, 3.63) is 4.88 Å². The first-order valence-corrected chi connectivity index (χ1v) is 8.38. The fourth-order valence-electron chi connectivity index (χ4n) is 2.93. The van der Waals surface area contributed by atoms with Crippen LogP contribution in [0.2, 0.25) is 0 Å². The molecule has 0 bridgehead atoms. The molecule has 0 unspecified atom stereocenters. The summed E-state index contributed by atoms with van der Waals surface area (Å²) in [5, 5.41) is 0.923. The summed E-state index contributed by atoms with van der Waals surface area (Å²) >= 11 is 1.47. The van der Waals surface area contributed by atoms with Crippen LogP contribution in [0.15, 0.2) is 0 Å². The summed E-state index contributed by atoms with van der Waals surface area (Å²) in [6, 6.07) is 0. The molecule has 0 aliphatic carbocycles. The largest absolute Gasteiger partial charge is 0.382 e. The molecule has 3 rings (SSSR count). The number of nitrogens with two attached hydrogens (primary N) is 1. The van der Waals surface area contributed by atoms with Crippen molar-refractivity contribution in [2.45, 2.75) is 38.5 Å². The molecule has 2 fully saturated rings. The van der Waals surface area contributed by atoms with Crippen LogP contribution in [0.5, 0.6) is 0 Å². The van der Waals surface area contributed by atoms with E-state index in [1.54, 1.807) is 0 Å². The summed E-state index contributed by atoms with van der Waals surface area (Å²) in [6.45, 7) is 3.78. The molecule has 0 spiro atoms. The average Bonchev–Trinajstić information content (AvgIpc) is 3.02. The van der Waals surface area contributed by atoms with E-state index >= 15 is 0 Å². The van der Waals surface area contributed by atoms with Gasteiger partial charge >= 0.3 is 0 Å². The Labute approximate surface area is 123 Å². The molecule has 1 amide bonds. The van der Waals surface area contributed by atoms with Crippen molar-refractivity contribution < 1.29 is 4.79 Å². The van der Waals surface area contributed by atoms with E-state index in [2.05, 4.69) is 9.88 Å². The second kappa shape index (κ2) is 5.99. The molecule has 1 aromatic heterocycles. The van der Waals surface area contributed by atoms with Crippen LogP contribution in [0.4, 0.5) is 10.9 Å². The third-order valence-corrected chi connectivity index (χ3v) is 5.23. The molecule has 2 saturated heterocycles. The molecule has 5 nitrogen and oxygen atoms in total. The highest BCUT2D eigenvalue weighted by molar-refractivity contribution is 7.18. The van der Waals surface area contributed by atoms with Crippen LogP contribution in [-0.4, -0.2) is 42.0 Å². The molecule has 2 N–H and O–H groups in total. The number of thiazole rings is 1. The number of likely N-dealkylation sites (tertiary alicyclic amines) is 1. The Bertz CT molecular complexity index is 474. The standard InChI is InChI=1S/C14H22N4OS/c15-12-11(13(19)17-7-5-6-8-17)20-14(16-12)18-9-3-1-2-4-10-18/h1-10,15H2. The number of aromatic nitrogens is 1. The Kier molecular flexibility index (Phi) is 4.10. The Morgan fingerprint density at radius 1 is 1.00 bits per heavy atom. The minimum absolute atomic E-state index is 0.0681. The van der Waals surface area contributed by atoms with Crippen LogP contribution < -0.4 is 10.6 Å². The van der Waals surface area contributed by atoms with Gasteiger partial charge in [0.1, 0.15) is 10.7 Å². The number of carbonyl (C=O) groups is 1. The molecule has 1 aromatic rings. The predicted octanol–water partition coefficient (Wildman–Crippen LogP) is 2.34. The molecular formula is C14H22N4OS. The van der Waals surface area contributed by atoms with Gasteiger partial charge in [-0.25, -0.2) is 4.98 Å². The predicted molar refractivity (Wildman–Crippen MR) is 82.3 cm³/mol. The lowest BCUT2D eigenvalue weighted by atomic mass is 10.2. The number of carbonyl (C=O) groups excluding carboxylic acids is 1. The molecule has 2 aliphatic rings. The zero-order valence-corrected chi connectivity index (χ0v) is 12.6. The lowest BCUT2D eigenvalue weighted by Gasteiger charge is -2.18. The van der Waals surface area contributed by atoms with Crippen molar-refractivity contribution in [3.63, 3.8) is 0 Å². The van der Waals surface area contributed by atoms with E-state index in [0.29, 0.717) is 10.7 Å². The Morgan fingerprint density at radius 3 is 2.25 bits per heavy atom. The van der Waals surface area contributed by atoms with Crippen molar-refractivity contribution in [1.82, 2.24) is 9.88 Å². The van der Waals surface area contributed by atoms with Gasteiger partial charge in [-0.15, -0.1) is 0 Å². The van der Waals surface area contributed by atoms with Gasteiger partial charge in [-0.2, -0.15) is 0 Å². The normalized spacial score (nSPS) is 20.2. The molecular weight excluding hydrogens is 272 g/mol. The second-order valence-electron chi connectivity index (χ2n) is 5.61. The summed E-state index contributed by atoms with van der Waals surface area (Å²) in [6.07, 6.45) is 7.19. The van der Waals surface area contributed by atoms with Crippen LogP contribution in [0.3, 0.4) is 0 Å². The molecule has 3 heterocycles. The molecule has 110 valence electrons. The highest BCUT2D eigenvalue weighted by Crippen LogP contribution is 2.31. The fourth-order valence-corrected chi connectivity index (χ4v) is 3.94. The third-order valence-electron chi connectivity index (χ3n) is 4.11. The molecule has 20 heavy (non-hydrogen) atoms. The number of hydrogen-bond donors (Lipinski definition) is 1. The van der Waals surface area contributed by atoms with Crippen LogP contribution >= 0.6 is 11.3 Å². The maximum Gasteiger partial charge on any atom is 0.267 e. The smallest absolute Gasteiger partial charge is 0.267 e. The topological polar surface area (TPSA) is 62.5 Å². The summed E-state index contributed by atoms with van der Waals surface area (Å²) in [5.74, 6) is 0.477. The maximum absolute atomic E-state index is 12.4. The van der Waals surface area contributed by atoms with Crippen LogP contribution in [0, 0.1) is 0 Å². The molecule has 0 atom stereocenters. The van der Waals surface area contributed by atoms with E-state index in [1.807, 2.05) is 4.90 Å². The third kappa shape index (κ3) is 2.75. The number of rotatable bonds is 2. The van der Waals surface area contributed by atoms with Gasteiger partial charge in [0.2, 0.25) is 0 Å². The second-order valence-corrected chi connectivity index (χ2v) is 6.59. The number of anilines is 2. The number of nitrogens with zero attached hydrogens (tertiary/aromatic N) is 3. The Morgan fingerprint density at radius 2 is 1.60 bits per heavy atom. The molecule has 0 saturated carbocycles. The zero-order chi connectivity index (χ0) is 13.9. The minimum atomic E-state index is 0.0681. The first kappa shape index (κ1) is 13.7. The van der Waals surface area contributed by atoms with E-state index in [4.69, 9.17) is 5.73 Å².